The fourth-order valence-electron chi connectivity index (χ4n) is 3.54. The lowest BCUT2D eigenvalue weighted by Gasteiger charge is -2.22. The van der Waals surface area contributed by atoms with Crippen LogP contribution >= 0.6 is 0 Å². The summed E-state index contributed by atoms with van der Waals surface area (Å²) in [7, 11) is 4.08. The van der Waals surface area contributed by atoms with Crippen molar-refractivity contribution in [3.05, 3.63) is 65.1 Å². The van der Waals surface area contributed by atoms with E-state index < -0.39 is 0 Å². The Morgan fingerprint density at radius 2 is 2.03 bits per heavy atom. The lowest BCUT2D eigenvalue weighted by atomic mass is 10.1. The highest BCUT2D eigenvalue weighted by atomic mass is 15.3. The van der Waals surface area contributed by atoms with Gasteiger partial charge in [-0.2, -0.15) is 10.4 Å². The maximum absolute atomic E-state index is 9.61. The third kappa shape index (κ3) is 5.30. The summed E-state index contributed by atoms with van der Waals surface area (Å²) < 4.78 is 3.76. The SMILES string of the molecule is CCNC(=NCCCc1nn(-c2ccc(C)cc2)c(N)c1C#N)N(C)Cc1cccn1C. The molecule has 3 N–H and O–H groups in total. The number of nitrogen functional groups attached to an aromatic ring is 1. The van der Waals surface area contributed by atoms with Gasteiger partial charge < -0.3 is 20.5 Å². The Balaban J connectivity index is 1.67. The van der Waals surface area contributed by atoms with Crippen LogP contribution < -0.4 is 11.1 Å². The van der Waals surface area contributed by atoms with E-state index in [4.69, 9.17) is 10.7 Å². The fourth-order valence-corrected chi connectivity index (χ4v) is 3.54. The Morgan fingerprint density at radius 3 is 2.66 bits per heavy atom. The normalized spacial score (nSPS) is 11.4. The second kappa shape index (κ2) is 10.5. The van der Waals surface area contributed by atoms with Crippen molar-refractivity contribution in [3.63, 3.8) is 0 Å². The molecule has 168 valence electrons. The molecule has 3 rings (SSSR count). The van der Waals surface area contributed by atoms with Crippen LogP contribution in [-0.2, 0) is 20.0 Å². The first-order valence-electron chi connectivity index (χ1n) is 10.9. The maximum atomic E-state index is 9.61. The summed E-state index contributed by atoms with van der Waals surface area (Å²) in [6, 6.07) is 14.3. The molecule has 0 aliphatic rings. The van der Waals surface area contributed by atoms with E-state index in [1.165, 1.54) is 5.69 Å². The topological polar surface area (TPSA) is 100 Å². The molecule has 0 atom stereocenters. The number of hydrogen-bond acceptors (Lipinski definition) is 4. The van der Waals surface area contributed by atoms with Crippen molar-refractivity contribution < 1.29 is 0 Å². The third-order valence-corrected chi connectivity index (χ3v) is 5.36. The predicted molar refractivity (Wildman–Crippen MR) is 129 cm³/mol. The quantitative estimate of drug-likeness (QED) is 0.324. The molecule has 0 saturated heterocycles. The maximum Gasteiger partial charge on any atom is 0.194 e. The standard InChI is InChI=1S/C24H32N8/c1-5-27-24(31(4)17-20-8-7-15-30(20)3)28-14-6-9-22-21(16-25)23(26)32(29-22)19-12-10-18(2)11-13-19/h7-8,10-13,15H,5-6,9,14,17,26H2,1-4H3,(H,27,28). The van der Waals surface area contributed by atoms with Crippen LogP contribution in [0.2, 0.25) is 0 Å². The summed E-state index contributed by atoms with van der Waals surface area (Å²) in [5.74, 6) is 1.24. The van der Waals surface area contributed by atoms with Gasteiger partial charge in [-0.15, -0.1) is 0 Å². The molecule has 0 fully saturated rings. The molecular formula is C24H32N8. The van der Waals surface area contributed by atoms with Gasteiger partial charge in [0.25, 0.3) is 0 Å². The molecule has 0 radical (unpaired) electrons. The molecule has 0 amide bonds. The second-order valence-corrected chi connectivity index (χ2v) is 7.87. The van der Waals surface area contributed by atoms with Crippen LogP contribution in [0.1, 0.15) is 35.9 Å². The molecule has 1 aromatic carbocycles. The largest absolute Gasteiger partial charge is 0.382 e. The van der Waals surface area contributed by atoms with Crippen molar-refractivity contribution in [2.45, 2.75) is 33.2 Å². The minimum atomic E-state index is 0.380. The first-order valence-corrected chi connectivity index (χ1v) is 10.9. The van der Waals surface area contributed by atoms with Crippen LogP contribution in [0.25, 0.3) is 5.69 Å². The van der Waals surface area contributed by atoms with Gasteiger partial charge in [0.2, 0.25) is 0 Å². The number of aromatic nitrogens is 3. The van der Waals surface area contributed by atoms with E-state index in [0.717, 1.165) is 36.7 Å². The Bertz CT molecular complexity index is 1100. The van der Waals surface area contributed by atoms with Gasteiger partial charge in [-0.05, 0) is 51.0 Å². The van der Waals surface area contributed by atoms with Gasteiger partial charge in [0, 0.05) is 39.1 Å². The molecule has 32 heavy (non-hydrogen) atoms. The molecule has 2 aromatic heterocycles. The smallest absolute Gasteiger partial charge is 0.194 e. The highest BCUT2D eigenvalue weighted by Gasteiger charge is 2.16. The number of rotatable bonds is 8. The third-order valence-electron chi connectivity index (χ3n) is 5.36. The van der Waals surface area contributed by atoms with Crippen LogP contribution in [0, 0.1) is 18.3 Å². The van der Waals surface area contributed by atoms with Crippen LogP contribution in [-0.4, -0.2) is 45.3 Å². The molecular weight excluding hydrogens is 400 g/mol. The van der Waals surface area contributed by atoms with Crippen molar-refractivity contribution in [1.82, 2.24) is 24.6 Å². The summed E-state index contributed by atoms with van der Waals surface area (Å²) >= 11 is 0. The van der Waals surface area contributed by atoms with Gasteiger partial charge in [-0.25, -0.2) is 4.68 Å². The van der Waals surface area contributed by atoms with Gasteiger partial charge in [-0.3, -0.25) is 4.99 Å². The van der Waals surface area contributed by atoms with Gasteiger partial charge in [0.05, 0.1) is 17.9 Å². The van der Waals surface area contributed by atoms with E-state index >= 15 is 0 Å². The lowest BCUT2D eigenvalue weighted by Crippen LogP contribution is -2.38. The zero-order chi connectivity index (χ0) is 23.1. The number of nitrogens with one attached hydrogen (secondary N) is 1. The Kier molecular flexibility index (Phi) is 7.55. The predicted octanol–water partition coefficient (Wildman–Crippen LogP) is 3.00. The van der Waals surface area contributed by atoms with E-state index in [9.17, 15) is 5.26 Å². The Labute approximate surface area is 190 Å². The minimum absolute atomic E-state index is 0.380. The number of guanidine groups is 1. The highest BCUT2D eigenvalue weighted by Crippen LogP contribution is 2.22. The molecule has 3 aromatic rings. The summed E-state index contributed by atoms with van der Waals surface area (Å²) in [6.07, 6.45) is 3.45. The zero-order valence-electron chi connectivity index (χ0n) is 19.3. The van der Waals surface area contributed by atoms with Crippen molar-refractivity contribution in [2.75, 3.05) is 25.9 Å². The molecule has 0 aliphatic carbocycles. The zero-order valence-corrected chi connectivity index (χ0v) is 19.3. The van der Waals surface area contributed by atoms with E-state index in [0.29, 0.717) is 30.0 Å². The average Bonchev–Trinajstić information content (AvgIpc) is 3.33. The molecule has 0 unspecified atom stereocenters. The minimum Gasteiger partial charge on any atom is -0.382 e. The molecule has 2 heterocycles. The molecule has 0 aliphatic heterocycles. The monoisotopic (exact) mass is 432 g/mol. The molecule has 0 spiro atoms. The molecule has 8 heteroatoms. The number of benzene rings is 1. The number of aliphatic imine (C=N–C) groups is 1. The van der Waals surface area contributed by atoms with E-state index in [1.54, 1.807) is 4.68 Å². The van der Waals surface area contributed by atoms with Gasteiger partial charge in [0.15, 0.2) is 5.96 Å². The van der Waals surface area contributed by atoms with Gasteiger partial charge in [-0.1, -0.05) is 17.7 Å². The van der Waals surface area contributed by atoms with Crippen LogP contribution in [0.3, 0.4) is 0 Å². The lowest BCUT2D eigenvalue weighted by molar-refractivity contribution is 0.461. The Morgan fingerprint density at radius 1 is 1.28 bits per heavy atom. The number of anilines is 1. The van der Waals surface area contributed by atoms with Crippen molar-refractivity contribution >= 4 is 11.8 Å². The number of aryl methyl sites for hydroxylation is 3. The highest BCUT2D eigenvalue weighted by molar-refractivity contribution is 5.79. The number of nitrogens with two attached hydrogens (primary N) is 1. The van der Waals surface area contributed by atoms with Crippen molar-refractivity contribution in [3.8, 4) is 11.8 Å². The van der Waals surface area contributed by atoms with E-state index in [-0.39, 0.29) is 0 Å². The van der Waals surface area contributed by atoms with Gasteiger partial charge >= 0.3 is 0 Å². The molecule has 0 bridgehead atoms. The van der Waals surface area contributed by atoms with E-state index in [2.05, 4.69) is 38.9 Å². The van der Waals surface area contributed by atoms with Crippen LogP contribution in [0.5, 0.6) is 0 Å². The summed E-state index contributed by atoms with van der Waals surface area (Å²) in [5.41, 5.74) is 10.6. The summed E-state index contributed by atoms with van der Waals surface area (Å²) in [4.78, 5) is 6.88. The Hall–Kier alpha value is -3.73. The van der Waals surface area contributed by atoms with Crippen LogP contribution in [0.15, 0.2) is 47.6 Å². The molecule has 8 nitrogen and oxygen atoms in total. The fraction of sp³-hybridized carbons (Fsp3) is 0.375. The summed E-state index contributed by atoms with van der Waals surface area (Å²) in [5, 5.41) is 17.6. The number of hydrogen-bond donors (Lipinski definition) is 2. The van der Waals surface area contributed by atoms with Gasteiger partial charge in [0.1, 0.15) is 17.5 Å². The van der Waals surface area contributed by atoms with Crippen molar-refractivity contribution in [2.24, 2.45) is 12.0 Å². The number of nitrogens with zero attached hydrogens (tertiary/aromatic N) is 6. The molecule has 0 saturated carbocycles. The second-order valence-electron chi connectivity index (χ2n) is 7.87. The van der Waals surface area contributed by atoms with Crippen molar-refractivity contribution in [1.29, 1.82) is 5.26 Å². The van der Waals surface area contributed by atoms with E-state index in [1.807, 2.05) is 57.5 Å². The van der Waals surface area contributed by atoms with Crippen LogP contribution in [0.4, 0.5) is 5.82 Å². The summed E-state index contributed by atoms with van der Waals surface area (Å²) in [6.45, 7) is 6.28. The number of nitriles is 1. The average molecular weight is 433 g/mol. The first-order chi connectivity index (χ1) is 15.4. The first kappa shape index (κ1) is 22.9.